The fraction of sp³-hybridized carbons (Fsp3) is 0.909. The molecule has 5 aliphatic carbocycles. The van der Waals surface area contributed by atoms with Crippen molar-refractivity contribution in [2.24, 2.45) is 23.2 Å². The molecule has 0 unspecified atom stereocenters. The molecule has 5 nitrogen and oxygen atoms in total. The number of nitrogens with zero attached hydrogens (tertiary/aromatic N) is 1. The predicted octanol–water partition coefficient (Wildman–Crippen LogP) is 2.61. The molecule has 2 amide bonds. The van der Waals surface area contributed by atoms with Crippen molar-refractivity contribution in [1.29, 1.82) is 0 Å². The van der Waals surface area contributed by atoms with Gasteiger partial charge in [-0.15, -0.1) is 0 Å². The molecule has 6 rings (SSSR count). The molecule has 5 heteroatoms. The molecule has 4 bridgehead atoms. The molecule has 6 fully saturated rings. The maximum absolute atomic E-state index is 13.7. The van der Waals surface area contributed by atoms with Crippen LogP contribution in [0.1, 0.15) is 77.0 Å². The Bertz CT molecular complexity index is 583. The zero-order valence-corrected chi connectivity index (χ0v) is 16.4. The summed E-state index contributed by atoms with van der Waals surface area (Å²) in [5.74, 6) is 2.48. The minimum atomic E-state index is -0.434. The highest BCUT2D eigenvalue weighted by molar-refractivity contribution is 5.91. The van der Waals surface area contributed by atoms with Gasteiger partial charge in [-0.05, 0) is 82.0 Å². The highest BCUT2D eigenvalue weighted by Crippen LogP contribution is 2.60. The number of likely N-dealkylation sites (tertiary alicyclic amines) is 1. The van der Waals surface area contributed by atoms with Crippen LogP contribution in [0.2, 0.25) is 0 Å². The quantitative estimate of drug-likeness (QED) is 0.798. The molecule has 27 heavy (non-hydrogen) atoms. The second-order valence-corrected chi connectivity index (χ2v) is 10.3. The van der Waals surface area contributed by atoms with Gasteiger partial charge in [-0.25, -0.2) is 0 Å². The van der Waals surface area contributed by atoms with E-state index in [-0.39, 0.29) is 29.3 Å². The molecule has 150 valence electrons. The van der Waals surface area contributed by atoms with Crippen molar-refractivity contribution in [2.45, 2.75) is 95.2 Å². The van der Waals surface area contributed by atoms with Crippen LogP contribution in [0, 0.1) is 23.2 Å². The van der Waals surface area contributed by atoms with Crippen molar-refractivity contribution < 1.29 is 14.7 Å². The fourth-order valence-corrected chi connectivity index (χ4v) is 7.52. The standard InChI is InChI=1S/C22H34N2O3/c25-19-6-2-1-4-17(19)23-20(26)18-5-3-7-24(18)21(27)22-11-14-8-15(12-22)10-16(9-14)13-22/h14-19,25H,1-13H2,(H,23,26)/t14?,15?,16?,17-,18-,19+,22?/m1/s1. The molecule has 0 spiro atoms. The minimum Gasteiger partial charge on any atom is -0.391 e. The molecule has 0 aromatic heterocycles. The van der Waals surface area contributed by atoms with E-state index in [1.54, 1.807) is 0 Å². The third kappa shape index (κ3) is 3.10. The number of hydrogen-bond donors (Lipinski definition) is 2. The summed E-state index contributed by atoms with van der Waals surface area (Å²) in [4.78, 5) is 28.6. The van der Waals surface area contributed by atoms with Gasteiger partial charge in [0.1, 0.15) is 6.04 Å². The summed E-state index contributed by atoms with van der Waals surface area (Å²) >= 11 is 0. The largest absolute Gasteiger partial charge is 0.391 e. The number of amides is 2. The highest BCUT2D eigenvalue weighted by atomic mass is 16.3. The van der Waals surface area contributed by atoms with Crippen molar-refractivity contribution in [2.75, 3.05) is 6.54 Å². The number of carbonyl (C=O) groups excluding carboxylic acids is 2. The van der Waals surface area contributed by atoms with Crippen LogP contribution in [0.25, 0.3) is 0 Å². The van der Waals surface area contributed by atoms with E-state index in [4.69, 9.17) is 0 Å². The van der Waals surface area contributed by atoms with Gasteiger partial charge in [0.25, 0.3) is 0 Å². The summed E-state index contributed by atoms with van der Waals surface area (Å²) in [7, 11) is 0. The molecule has 1 heterocycles. The van der Waals surface area contributed by atoms with Gasteiger partial charge in [-0.2, -0.15) is 0 Å². The van der Waals surface area contributed by atoms with Crippen molar-refractivity contribution in [3.8, 4) is 0 Å². The molecule has 3 atom stereocenters. The number of nitrogens with one attached hydrogen (secondary N) is 1. The van der Waals surface area contributed by atoms with E-state index in [1.165, 1.54) is 19.3 Å². The molecule has 2 N–H and O–H groups in total. The summed E-state index contributed by atoms with van der Waals surface area (Å²) in [6.45, 7) is 0.728. The third-order valence-corrected chi connectivity index (χ3v) is 8.37. The summed E-state index contributed by atoms with van der Waals surface area (Å²) in [5, 5.41) is 13.3. The molecule has 6 aliphatic rings. The van der Waals surface area contributed by atoms with Crippen molar-refractivity contribution >= 4 is 11.8 Å². The van der Waals surface area contributed by atoms with Crippen LogP contribution >= 0.6 is 0 Å². The number of hydrogen-bond acceptors (Lipinski definition) is 3. The molecule has 1 saturated heterocycles. The first-order valence-corrected chi connectivity index (χ1v) is 11.3. The van der Waals surface area contributed by atoms with Crippen LogP contribution in [0.4, 0.5) is 0 Å². The van der Waals surface area contributed by atoms with Gasteiger partial charge in [0, 0.05) is 6.54 Å². The maximum Gasteiger partial charge on any atom is 0.243 e. The van der Waals surface area contributed by atoms with E-state index in [9.17, 15) is 14.7 Å². The van der Waals surface area contributed by atoms with E-state index >= 15 is 0 Å². The predicted molar refractivity (Wildman–Crippen MR) is 102 cm³/mol. The van der Waals surface area contributed by atoms with E-state index in [1.807, 2.05) is 4.90 Å². The average Bonchev–Trinajstić information content (AvgIpc) is 3.11. The molecule has 5 saturated carbocycles. The lowest BCUT2D eigenvalue weighted by Crippen LogP contribution is -2.58. The molecule has 1 aliphatic heterocycles. The van der Waals surface area contributed by atoms with E-state index in [0.29, 0.717) is 0 Å². The number of aliphatic hydroxyl groups excluding tert-OH is 1. The van der Waals surface area contributed by atoms with Gasteiger partial charge in [-0.3, -0.25) is 9.59 Å². The van der Waals surface area contributed by atoms with Crippen molar-refractivity contribution in [1.82, 2.24) is 10.2 Å². The topological polar surface area (TPSA) is 69.6 Å². The average molecular weight is 375 g/mol. The summed E-state index contributed by atoms with van der Waals surface area (Å²) in [6.07, 6.45) is 12.1. The van der Waals surface area contributed by atoms with E-state index < -0.39 is 6.10 Å². The second-order valence-electron chi connectivity index (χ2n) is 10.3. The Balaban J connectivity index is 1.29. The van der Waals surface area contributed by atoms with Crippen LogP contribution in [-0.4, -0.2) is 46.6 Å². The zero-order valence-electron chi connectivity index (χ0n) is 16.4. The first-order chi connectivity index (χ1) is 13.0. The van der Waals surface area contributed by atoms with Gasteiger partial charge < -0.3 is 15.3 Å². The van der Waals surface area contributed by atoms with Crippen LogP contribution in [-0.2, 0) is 9.59 Å². The zero-order chi connectivity index (χ0) is 18.6. The van der Waals surface area contributed by atoms with Gasteiger partial charge in [0.2, 0.25) is 11.8 Å². The first-order valence-electron chi connectivity index (χ1n) is 11.3. The van der Waals surface area contributed by atoms with Crippen LogP contribution in [0.5, 0.6) is 0 Å². The molecule has 0 radical (unpaired) electrons. The maximum atomic E-state index is 13.7. The van der Waals surface area contributed by atoms with Crippen molar-refractivity contribution in [3.05, 3.63) is 0 Å². The lowest BCUT2D eigenvalue weighted by molar-refractivity contribution is -0.160. The fourth-order valence-electron chi connectivity index (χ4n) is 7.52. The lowest BCUT2D eigenvalue weighted by atomic mass is 9.49. The lowest BCUT2D eigenvalue weighted by Gasteiger charge is -2.56. The van der Waals surface area contributed by atoms with Gasteiger partial charge in [0.05, 0.1) is 17.6 Å². The molecule has 0 aromatic carbocycles. The highest BCUT2D eigenvalue weighted by Gasteiger charge is 2.56. The third-order valence-electron chi connectivity index (χ3n) is 8.37. The van der Waals surface area contributed by atoms with Crippen LogP contribution < -0.4 is 5.32 Å². The van der Waals surface area contributed by atoms with Gasteiger partial charge >= 0.3 is 0 Å². The first kappa shape index (κ1) is 18.0. The SMILES string of the molecule is O=C(N[C@@H]1CCCC[C@@H]1O)[C@H]1CCCN1C(=O)C12CC3CC(CC(C3)C1)C2. The molecular weight excluding hydrogens is 340 g/mol. The Morgan fingerprint density at radius 3 is 2.15 bits per heavy atom. The second kappa shape index (κ2) is 6.75. The Labute approximate surface area is 162 Å². The Kier molecular flexibility index (Phi) is 4.49. The summed E-state index contributed by atoms with van der Waals surface area (Å²) in [5.41, 5.74) is -0.165. The molecular formula is C22H34N2O3. The Morgan fingerprint density at radius 2 is 1.52 bits per heavy atom. The number of rotatable bonds is 3. The number of carbonyl (C=O) groups is 2. The van der Waals surface area contributed by atoms with E-state index in [2.05, 4.69) is 5.32 Å². The minimum absolute atomic E-state index is 0.0310. The smallest absolute Gasteiger partial charge is 0.243 e. The van der Waals surface area contributed by atoms with Crippen molar-refractivity contribution in [3.63, 3.8) is 0 Å². The monoisotopic (exact) mass is 374 g/mol. The Morgan fingerprint density at radius 1 is 0.889 bits per heavy atom. The normalized spacial score (nSPS) is 45.9. The summed E-state index contributed by atoms with van der Waals surface area (Å²) < 4.78 is 0. The van der Waals surface area contributed by atoms with Crippen LogP contribution in [0.15, 0.2) is 0 Å². The summed E-state index contributed by atoms with van der Waals surface area (Å²) in [6, 6.07) is -0.456. The van der Waals surface area contributed by atoms with Gasteiger partial charge in [0.15, 0.2) is 0 Å². The van der Waals surface area contributed by atoms with E-state index in [0.717, 1.165) is 82.1 Å². The van der Waals surface area contributed by atoms with Gasteiger partial charge in [-0.1, -0.05) is 12.8 Å². The molecule has 0 aromatic rings. The number of aliphatic hydroxyl groups is 1. The Hall–Kier alpha value is -1.10. The van der Waals surface area contributed by atoms with Crippen LogP contribution in [0.3, 0.4) is 0 Å².